The molecule has 0 saturated carbocycles. The molecule has 2 unspecified atom stereocenters. The molecule has 26 heavy (non-hydrogen) atoms. The van der Waals surface area contributed by atoms with Crippen LogP contribution < -0.4 is 10.9 Å². The van der Waals surface area contributed by atoms with Crippen molar-refractivity contribution in [1.82, 2.24) is 20.7 Å². The lowest BCUT2D eigenvalue weighted by molar-refractivity contribution is -0.134. The molecule has 0 spiro atoms. The molecule has 4 heterocycles. The zero-order valence-corrected chi connectivity index (χ0v) is 15.5. The highest BCUT2D eigenvalue weighted by molar-refractivity contribution is 7.12. The van der Waals surface area contributed by atoms with Crippen molar-refractivity contribution in [2.75, 3.05) is 6.54 Å². The minimum Gasteiger partial charge on any atom is -0.358 e. The predicted octanol–water partition coefficient (Wildman–Crippen LogP) is 3.03. The normalized spacial score (nSPS) is 22.7. The molecule has 134 valence electrons. The topological polar surface area (TPSA) is 60.2 Å². The number of H-pyrrole nitrogens is 1. The van der Waals surface area contributed by atoms with Gasteiger partial charge in [-0.2, -0.15) is 0 Å². The molecule has 1 amide bonds. The summed E-state index contributed by atoms with van der Waals surface area (Å²) in [7, 11) is 0. The van der Waals surface area contributed by atoms with Crippen LogP contribution in [0, 0.1) is 6.92 Å². The average Bonchev–Trinajstić information content (AvgIpc) is 3.38. The number of aryl methyl sites for hydroxylation is 1. The molecule has 2 aliphatic heterocycles. The molecule has 2 atom stereocenters. The number of aromatic amines is 1. The van der Waals surface area contributed by atoms with Gasteiger partial charge in [0.25, 0.3) is 0 Å². The number of hydrazine groups is 1. The van der Waals surface area contributed by atoms with Gasteiger partial charge in [-0.15, -0.1) is 11.3 Å². The molecule has 0 radical (unpaired) electrons. The van der Waals surface area contributed by atoms with E-state index in [4.69, 9.17) is 0 Å². The van der Waals surface area contributed by atoms with Gasteiger partial charge >= 0.3 is 0 Å². The highest BCUT2D eigenvalue weighted by Gasteiger charge is 2.35. The summed E-state index contributed by atoms with van der Waals surface area (Å²) in [6.07, 6.45) is 1.69. The molecule has 2 aromatic heterocycles. The van der Waals surface area contributed by atoms with Gasteiger partial charge in [-0.3, -0.25) is 4.79 Å². The number of thiophene rings is 1. The van der Waals surface area contributed by atoms with E-state index >= 15 is 0 Å². The number of benzene rings is 1. The van der Waals surface area contributed by atoms with Crippen molar-refractivity contribution in [3.05, 3.63) is 57.4 Å². The Hall–Kier alpha value is -2.15. The van der Waals surface area contributed by atoms with E-state index in [1.807, 2.05) is 11.0 Å². The van der Waals surface area contributed by atoms with E-state index in [2.05, 4.69) is 53.1 Å². The Balaban J connectivity index is 1.32. The van der Waals surface area contributed by atoms with Gasteiger partial charge in [0.05, 0.1) is 6.04 Å². The van der Waals surface area contributed by atoms with Crippen LogP contribution in [0.2, 0.25) is 0 Å². The van der Waals surface area contributed by atoms with Gasteiger partial charge in [-0.05, 0) is 31.5 Å². The maximum Gasteiger partial charge on any atom is 0.241 e. The molecule has 1 aromatic carbocycles. The summed E-state index contributed by atoms with van der Waals surface area (Å²) in [5.74, 6) is 0.198. The van der Waals surface area contributed by atoms with Crippen LogP contribution in [0.1, 0.15) is 33.5 Å². The number of rotatable bonds is 2. The number of amides is 1. The SMILES string of the molecule is Cc1ccc(C2CC(C(=O)N3CCc4[nH]c5ccccc5c4C3)NN2)s1. The summed E-state index contributed by atoms with van der Waals surface area (Å²) in [6.45, 7) is 3.59. The number of carbonyl (C=O) groups is 1. The summed E-state index contributed by atoms with van der Waals surface area (Å²) in [4.78, 5) is 21.2. The summed E-state index contributed by atoms with van der Waals surface area (Å²) >= 11 is 1.80. The number of aromatic nitrogens is 1. The Bertz CT molecular complexity index is 975. The van der Waals surface area contributed by atoms with E-state index in [-0.39, 0.29) is 18.0 Å². The van der Waals surface area contributed by atoms with Gasteiger partial charge in [-0.25, -0.2) is 10.9 Å². The molecule has 5 rings (SSSR count). The van der Waals surface area contributed by atoms with Gasteiger partial charge in [0.1, 0.15) is 6.04 Å². The van der Waals surface area contributed by atoms with Crippen molar-refractivity contribution in [1.29, 1.82) is 0 Å². The van der Waals surface area contributed by atoms with Gasteiger partial charge in [0.2, 0.25) is 5.91 Å². The number of nitrogens with zero attached hydrogens (tertiary/aromatic N) is 1. The standard InChI is InChI=1S/C20H22N4OS/c1-12-6-7-19(26-12)17-10-18(23-22-17)20(25)24-9-8-16-14(11-24)13-4-2-3-5-15(13)21-16/h2-7,17-18,21-23H,8-11H2,1H3. The van der Waals surface area contributed by atoms with Gasteiger partial charge in [0, 0.05) is 51.4 Å². The Morgan fingerprint density at radius 1 is 1.19 bits per heavy atom. The first-order valence-electron chi connectivity index (χ1n) is 9.13. The van der Waals surface area contributed by atoms with Crippen molar-refractivity contribution in [2.24, 2.45) is 0 Å². The molecule has 6 heteroatoms. The largest absolute Gasteiger partial charge is 0.358 e. The third-order valence-corrected chi connectivity index (χ3v) is 6.61. The second kappa shape index (κ2) is 6.23. The van der Waals surface area contributed by atoms with Crippen LogP contribution in [-0.2, 0) is 17.8 Å². The summed E-state index contributed by atoms with van der Waals surface area (Å²) in [5, 5.41) is 1.24. The monoisotopic (exact) mass is 366 g/mol. The lowest BCUT2D eigenvalue weighted by atomic mass is 10.0. The molecule has 2 aliphatic rings. The lowest BCUT2D eigenvalue weighted by Crippen LogP contribution is -2.47. The molecule has 1 saturated heterocycles. The highest BCUT2D eigenvalue weighted by Crippen LogP contribution is 2.31. The Morgan fingerprint density at radius 2 is 2.08 bits per heavy atom. The molecular formula is C20H22N4OS. The summed E-state index contributed by atoms with van der Waals surface area (Å²) < 4.78 is 0. The molecular weight excluding hydrogens is 344 g/mol. The lowest BCUT2D eigenvalue weighted by Gasteiger charge is -2.29. The Kier molecular flexibility index (Phi) is 3.85. The number of nitrogens with one attached hydrogen (secondary N) is 3. The summed E-state index contributed by atoms with van der Waals surface area (Å²) in [5.41, 5.74) is 10.3. The van der Waals surface area contributed by atoms with Crippen LogP contribution in [0.3, 0.4) is 0 Å². The smallest absolute Gasteiger partial charge is 0.241 e. The van der Waals surface area contributed by atoms with Crippen molar-refractivity contribution in [3.8, 4) is 0 Å². The van der Waals surface area contributed by atoms with Crippen molar-refractivity contribution in [2.45, 2.75) is 38.4 Å². The maximum absolute atomic E-state index is 13.1. The predicted molar refractivity (Wildman–Crippen MR) is 104 cm³/mol. The minimum absolute atomic E-state index is 0.158. The number of hydrogen-bond donors (Lipinski definition) is 3. The maximum atomic E-state index is 13.1. The molecule has 0 aliphatic carbocycles. The quantitative estimate of drug-likeness (QED) is 0.653. The van der Waals surface area contributed by atoms with E-state index in [1.165, 1.54) is 31.9 Å². The fourth-order valence-corrected chi connectivity index (χ4v) is 5.06. The van der Waals surface area contributed by atoms with E-state index in [1.54, 1.807) is 11.3 Å². The van der Waals surface area contributed by atoms with E-state index in [0.29, 0.717) is 6.54 Å². The molecule has 3 aromatic rings. The van der Waals surface area contributed by atoms with Crippen molar-refractivity contribution >= 4 is 28.1 Å². The minimum atomic E-state index is -0.158. The fourth-order valence-electron chi connectivity index (χ4n) is 4.12. The fraction of sp³-hybridized carbons (Fsp3) is 0.350. The Labute approximate surface area is 156 Å². The van der Waals surface area contributed by atoms with E-state index < -0.39 is 0 Å². The highest BCUT2D eigenvalue weighted by atomic mass is 32.1. The first kappa shape index (κ1) is 16.1. The van der Waals surface area contributed by atoms with Crippen LogP contribution in [-0.4, -0.2) is 28.4 Å². The number of fused-ring (bicyclic) bond motifs is 3. The molecule has 0 bridgehead atoms. The number of carbonyl (C=O) groups excluding carboxylic acids is 1. The Morgan fingerprint density at radius 3 is 2.92 bits per heavy atom. The van der Waals surface area contributed by atoms with Crippen LogP contribution in [0.5, 0.6) is 0 Å². The molecule has 5 nitrogen and oxygen atoms in total. The van der Waals surface area contributed by atoms with Crippen LogP contribution in [0.15, 0.2) is 36.4 Å². The second-order valence-electron chi connectivity index (χ2n) is 7.22. The first-order valence-corrected chi connectivity index (χ1v) is 9.95. The average molecular weight is 366 g/mol. The first-order chi connectivity index (χ1) is 12.7. The van der Waals surface area contributed by atoms with Crippen molar-refractivity contribution in [3.63, 3.8) is 0 Å². The van der Waals surface area contributed by atoms with Crippen LogP contribution in [0.4, 0.5) is 0 Å². The van der Waals surface area contributed by atoms with E-state index in [9.17, 15) is 4.79 Å². The summed E-state index contributed by atoms with van der Waals surface area (Å²) in [6, 6.07) is 12.7. The van der Waals surface area contributed by atoms with Crippen LogP contribution in [0.25, 0.3) is 10.9 Å². The van der Waals surface area contributed by atoms with Crippen LogP contribution >= 0.6 is 11.3 Å². The number of hydrogen-bond acceptors (Lipinski definition) is 4. The van der Waals surface area contributed by atoms with E-state index in [0.717, 1.165) is 19.4 Å². The number of para-hydroxylation sites is 1. The molecule has 1 fully saturated rings. The van der Waals surface area contributed by atoms with Crippen molar-refractivity contribution < 1.29 is 4.79 Å². The third kappa shape index (κ3) is 2.65. The third-order valence-electron chi connectivity index (χ3n) is 5.50. The van der Waals surface area contributed by atoms with Gasteiger partial charge in [0.15, 0.2) is 0 Å². The van der Waals surface area contributed by atoms with Gasteiger partial charge < -0.3 is 9.88 Å². The molecule has 3 N–H and O–H groups in total. The zero-order valence-electron chi connectivity index (χ0n) is 14.7. The van der Waals surface area contributed by atoms with Gasteiger partial charge in [-0.1, -0.05) is 18.2 Å². The zero-order chi connectivity index (χ0) is 17.7. The second-order valence-corrected chi connectivity index (χ2v) is 8.53.